The number of carbonyl (C=O) groups excluding carboxylic acids is 1. The van der Waals surface area contributed by atoms with Crippen molar-refractivity contribution in [3.63, 3.8) is 0 Å². The maximum atomic E-state index is 13.7. The molecule has 0 atom stereocenters. The van der Waals surface area contributed by atoms with Crippen molar-refractivity contribution >= 4 is 11.6 Å². The highest BCUT2D eigenvalue weighted by molar-refractivity contribution is 5.94. The van der Waals surface area contributed by atoms with Gasteiger partial charge in [-0.2, -0.15) is 0 Å². The second kappa shape index (κ2) is 8.47. The van der Waals surface area contributed by atoms with E-state index in [-0.39, 0.29) is 11.3 Å². The van der Waals surface area contributed by atoms with E-state index in [0.29, 0.717) is 26.1 Å². The SMILES string of the molecule is CCCNc1c(F)cc(C(=O)NCCCOC)cc1F. The zero-order chi connectivity index (χ0) is 15.0. The van der Waals surface area contributed by atoms with Gasteiger partial charge in [0.25, 0.3) is 5.91 Å². The summed E-state index contributed by atoms with van der Waals surface area (Å²) in [5, 5.41) is 5.24. The first kappa shape index (κ1) is 16.4. The molecule has 6 heteroatoms. The van der Waals surface area contributed by atoms with Gasteiger partial charge in [0.15, 0.2) is 0 Å². The molecule has 0 aliphatic heterocycles. The number of methoxy groups -OCH3 is 1. The van der Waals surface area contributed by atoms with Gasteiger partial charge in [-0.25, -0.2) is 8.78 Å². The van der Waals surface area contributed by atoms with E-state index in [1.165, 1.54) is 0 Å². The molecular formula is C14H20F2N2O2. The lowest BCUT2D eigenvalue weighted by Crippen LogP contribution is -2.25. The highest BCUT2D eigenvalue weighted by atomic mass is 19.1. The van der Waals surface area contributed by atoms with Crippen LogP contribution in [0.2, 0.25) is 0 Å². The van der Waals surface area contributed by atoms with Gasteiger partial charge in [-0.3, -0.25) is 4.79 Å². The van der Waals surface area contributed by atoms with Gasteiger partial charge in [-0.05, 0) is 25.0 Å². The number of ether oxygens (including phenoxy) is 1. The number of carbonyl (C=O) groups is 1. The van der Waals surface area contributed by atoms with Gasteiger partial charge in [0.2, 0.25) is 0 Å². The maximum absolute atomic E-state index is 13.7. The van der Waals surface area contributed by atoms with Crippen molar-refractivity contribution in [2.24, 2.45) is 0 Å². The molecule has 0 unspecified atom stereocenters. The summed E-state index contributed by atoms with van der Waals surface area (Å²) in [5.74, 6) is -2.03. The van der Waals surface area contributed by atoms with Crippen LogP contribution < -0.4 is 10.6 Å². The van der Waals surface area contributed by atoms with Gasteiger partial charge in [-0.1, -0.05) is 6.92 Å². The Labute approximate surface area is 117 Å². The number of amides is 1. The molecule has 2 N–H and O–H groups in total. The Balaban J connectivity index is 2.69. The standard InChI is InChI=1S/C14H20F2N2O2/c1-3-5-17-13-11(15)8-10(9-12(13)16)14(19)18-6-4-7-20-2/h8-9,17H,3-7H2,1-2H3,(H,18,19). The van der Waals surface area contributed by atoms with E-state index < -0.39 is 17.5 Å². The number of rotatable bonds is 8. The Morgan fingerprint density at radius 1 is 1.25 bits per heavy atom. The molecule has 0 saturated carbocycles. The number of hydrogen-bond acceptors (Lipinski definition) is 3. The minimum absolute atomic E-state index is 0.0283. The Kier molecular flexibility index (Phi) is 6.93. The summed E-state index contributed by atoms with van der Waals surface area (Å²) in [7, 11) is 1.56. The number of hydrogen-bond donors (Lipinski definition) is 2. The van der Waals surface area contributed by atoms with Crippen LogP contribution in [-0.4, -0.2) is 32.7 Å². The highest BCUT2D eigenvalue weighted by Crippen LogP contribution is 2.20. The molecule has 1 aromatic carbocycles. The Morgan fingerprint density at radius 2 is 1.90 bits per heavy atom. The van der Waals surface area contributed by atoms with Crippen molar-refractivity contribution in [1.82, 2.24) is 5.32 Å². The topological polar surface area (TPSA) is 50.4 Å². The highest BCUT2D eigenvalue weighted by Gasteiger charge is 2.14. The first-order chi connectivity index (χ1) is 9.60. The Bertz CT molecular complexity index is 430. The summed E-state index contributed by atoms with van der Waals surface area (Å²) >= 11 is 0. The predicted molar refractivity (Wildman–Crippen MR) is 74.0 cm³/mol. The van der Waals surface area contributed by atoms with E-state index in [1.807, 2.05) is 6.92 Å². The third-order valence-corrected chi connectivity index (χ3v) is 2.67. The van der Waals surface area contributed by atoms with Crippen LogP contribution in [0.1, 0.15) is 30.1 Å². The van der Waals surface area contributed by atoms with Gasteiger partial charge in [0.05, 0.1) is 0 Å². The van der Waals surface area contributed by atoms with Crippen LogP contribution in [0, 0.1) is 11.6 Å². The molecule has 1 aromatic rings. The van der Waals surface area contributed by atoms with Gasteiger partial charge < -0.3 is 15.4 Å². The number of halogens is 2. The number of benzene rings is 1. The molecule has 112 valence electrons. The van der Waals surface area contributed by atoms with Crippen LogP contribution in [0.4, 0.5) is 14.5 Å². The van der Waals surface area contributed by atoms with Crippen LogP contribution in [-0.2, 0) is 4.74 Å². The molecular weight excluding hydrogens is 266 g/mol. The molecule has 0 saturated heterocycles. The minimum atomic E-state index is -0.763. The maximum Gasteiger partial charge on any atom is 0.251 e. The molecule has 0 spiro atoms. The average molecular weight is 286 g/mol. The van der Waals surface area contributed by atoms with E-state index >= 15 is 0 Å². The van der Waals surface area contributed by atoms with Crippen LogP contribution in [0.15, 0.2) is 12.1 Å². The smallest absolute Gasteiger partial charge is 0.251 e. The van der Waals surface area contributed by atoms with Gasteiger partial charge >= 0.3 is 0 Å². The average Bonchev–Trinajstić information content (AvgIpc) is 2.42. The molecule has 0 radical (unpaired) electrons. The fraction of sp³-hybridized carbons (Fsp3) is 0.500. The van der Waals surface area contributed by atoms with Crippen LogP contribution >= 0.6 is 0 Å². The molecule has 0 bridgehead atoms. The van der Waals surface area contributed by atoms with Crippen LogP contribution in [0.25, 0.3) is 0 Å². The lowest BCUT2D eigenvalue weighted by molar-refractivity contribution is 0.0947. The summed E-state index contributed by atoms with van der Waals surface area (Å²) in [5.41, 5.74) is -0.220. The molecule has 0 aromatic heterocycles. The first-order valence-electron chi connectivity index (χ1n) is 6.60. The predicted octanol–water partition coefficient (Wildman–Crippen LogP) is 2.55. The van der Waals surface area contributed by atoms with Crippen LogP contribution in [0.3, 0.4) is 0 Å². The lowest BCUT2D eigenvalue weighted by Gasteiger charge is -2.10. The molecule has 20 heavy (non-hydrogen) atoms. The second-order valence-corrected chi connectivity index (χ2v) is 4.34. The molecule has 0 fully saturated rings. The number of nitrogens with one attached hydrogen (secondary N) is 2. The first-order valence-corrected chi connectivity index (χ1v) is 6.60. The van der Waals surface area contributed by atoms with E-state index in [1.54, 1.807) is 7.11 Å². The summed E-state index contributed by atoms with van der Waals surface area (Å²) in [4.78, 5) is 11.7. The van der Waals surface area contributed by atoms with Crippen LogP contribution in [0.5, 0.6) is 0 Å². The number of anilines is 1. The summed E-state index contributed by atoms with van der Waals surface area (Å²) in [6.45, 7) is 3.27. The van der Waals surface area contributed by atoms with Crippen molar-refractivity contribution in [2.75, 3.05) is 32.1 Å². The third-order valence-electron chi connectivity index (χ3n) is 2.67. The Morgan fingerprint density at radius 3 is 2.45 bits per heavy atom. The van der Waals surface area contributed by atoms with Crippen molar-refractivity contribution in [1.29, 1.82) is 0 Å². The summed E-state index contributed by atoms with van der Waals surface area (Å²) in [6.07, 6.45) is 1.39. The lowest BCUT2D eigenvalue weighted by atomic mass is 10.1. The largest absolute Gasteiger partial charge is 0.385 e. The Hall–Kier alpha value is -1.69. The third kappa shape index (κ3) is 4.77. The molecule has 4 nitrogen and oxygen atoms in total. The molecule has 1 rings (SSSR count). The summed E-state index contributed by atoms with van der Waals surface area (Å²) < 4.78 is 32.3. The fourth-order valence-electron chi connectivity index (χ4n) is 1.64. The fourth-order valence-corrected chi connectivity index (χ4v) is 1.64. The van der Waals surface area contributed by atoms with Crippen molar-refractivity contribution < 1.29 is 18.3 Å². The monoisotopic (exact) mass is 286 g/mol. The second-order valence-electron chi connectivity index (χ2n) is 4.34. The van der Waals surface area contributed by atoms with Gasteiger partial charge in [-0.15, -0.1) is 0 Å². The minimum Gasteiger partial charge on any atom is -0.385 e. The normalized spacial score (nSPS) is 10.4. The molecule has 0 aliphatic rings. The zero-order valence-corrected chi connectivity index (χ0v) is 11.8. The molecule has 1 amide bonds. The van der Waals surface area contributed by atoms with E-state index in [4.69, 9.17) is 4.74 Å². The van der Waals surface area contributed by atoms with Gasteiger partial charge in [0, 0.05) is 32.4 Å². The zero-order valence-electron chi connectivity index (χ0n) is 11.8. The van der Waals surface area contributed by atoms with E-state index in [9.17, 15) is 13.6 Å². The van der Waals surface area contributed by atoms with Crippen molar-refractivity contribution in [3.8, 4) is 0 Å². The summed E-state index contributed by atoms with van der Waals surface area (Å²) in [6, 6.07) is 2.07. The molecule has 0 aliphatic carbocycles. The van der Waals surface area contributed by atoms with Crippen molar-refractivity contribution in [3.05, 3.63) is 29.3 Å². The van der Waals surface area contributed by atoms with Gasteiger partial charge in [0.1, 0.15) is 17.3 Å². The quantitative estimate of drug-likeness (QED) is 0.722. The van der Waals surface area contributed by atoms with Crippen molar-refractivity contribution in [2.45, 2.75) is 19.8 Å². The molecule has 0 heterocycles. The van der Waals surface area contributed by atoms with E-state index in [0.717, 1.165) is 18.6 Å². The van der Waals surface area contributed by atoms with E-state index in [2.05, 4.69) is 10.6 Å².